The summed E-state index contributed by atoms with van der Waals surface area (Å²) in [5, 5.41) is 9.92. The molecule has 3 rings (SSSR count). The van der Waals surface area contributed by atoms with Gasteiger partial charge < -0.3 is 14.9 Å². The number of pyridine rings is 1. The molecule has 0 saturated carbocycles. The Morgan fingerprint density at radius 1 is 0.952 bits per heavy atom. The van der Waals surface area contributed by atoms with E-state index in [0.29, 0.717) is 0 Å². The Hall–Kier alpha value is -2.07. The van der Waals surface area contributed by atoms with E-state index < -0.39 is 6.10 Å². The highest BCUT2D eigenvalue weighted by Gasteiger charge is 2.20. The Labute approximate surface area is 125 Å². The maximum Gasteiger partial charge on any atom is 0.128 e. The smallest absolute Gasteiger partial charge is 0.128 e. The molecule has 1 saturated heterocycles. The van der Waals surface area contributed by atoms with Crippen molar-refractivity contribution >= 4 is 11.5 Å². The quantitative estimate of drug-likeness (QED) is 0.939. The Balaban J connectivity index is 1.72. The monoisotopic (exact) mass is 283 g/mol. The van der Waals surface area contributed by atoms with Gasteiger partial charge in [0.15, 0.2) is 0 Å². The topological polar surface area (TPSA) is 39.6 Å². The largest absolute Gasteiger partial charge is 0.389 e. The van der Waals surface area contributed by atoms with E-state index in [1.54, 1.807) is 0 Å². The van der Waals surface area contributed by atoms with Gasteiger partial charge in [0.05, 0.1) is 6.10 Å². The molecule has 0 bridgehead atoms. The first-order valence-corrected chi connectivity index (χ1v) is 7.43. The van der Waals surface area contributed by atoms with E-state index in [2.05, 4.69) is 26.9 Å². The average molecular weight is 283 g/mol. The molecule has 4 heteroatoms. The van der Waals surface area contributed by atoms with Crippen molar-refractivity contribution in [1.29, 1.82) is 0 Å². The zero-order valence-electron chi connectivity index (χ0n) is 12.3. The van der Waals surface area contributed by atoms with Gasteiger partial charge in [-0.25, -0.2) is 4.98 Å². The number of piperazine rings is 1. The summed E-state index contributed by atoms with van der Waals surface area (Å²) in [6.07, 6.45) is 1.40. The van der Waals surface area contributed by atoms with Crippen molar-refractivity contribution in [3.63, 3.8) is 0 Å². The highest BCUT2D eigenvalue weighted by atomic mass is 16.3. The van der Waals surface area contributed by atoms with Gasteiger partial charge in [0.1, 0.15) is 5.82 Å². The van der Waals surface area contributed by atoms with Crippen molar-refractivity contribution in [3.05, 3.63) is 54.2 Å². The fourth-order valence-electron chi connectivity index (χ4n) is 2.85. The minimum absolute atomic E-state index is 0.435. The third-order valence-electron chi connectivity index (χ3n) is 3.98. The number of aliphatic hydroxyl groups is 1. The van der Waals surface area contributed by atoms with Crippen LogP contribution in [-0.4, -0.2) is 36.3 Å². The number of para-hydroxylation sites is 1. The van der Waals surface area contributed by atoms with Crippen LogP contribution in [0.2, 0.25) is 0 Å². The van der Waals surface area contributed by atoms with Crippen LogP contribution in [0, 0.1) is 0 Å². The van der Waals surface area contributed by atoms with Gasteiger partial charge in [-0.3, -0.25) is 0 Å². The second kappa shape index (κ2) is 6.14. The zero-order valence-corrected chi connectivity index (χ0v) is 12.3. The van der Waals surface area contributed by atoms with Crippen molar-refractivity contribution in [2.24, 2.45) is 0 Å². The Morgan fingerprint density at radius 3 is 2.29 bits per heavy atom. The van der Waals surface area contributed by atoms with Crippen LogP contribution in [0.15, 0.2) is 48.7 Å². The van der Waals surface area contributed by atoms with E-state index in [4.69, 9.17) is 0 Å². The lowest BCUT2D eigenvalue weighted by molar-refractivity contribution is 0.199. The predicted molar refractivity (Wildman–Crippen MR) is 85.7 cm³/mol. The third kappa shape index (κ3) is 3.00. The van der Waals surface area contributed by atoms with Gasteiger partial charge in [0.25, 0.3) is 0 Å². The minimum Gasteiger partial charge on any atom is -0.389 e. The lowest BCUT2D eigenvalue weighted by atomic mass is 10.1. The zero-order chi connectivity index (χ0) is 14.7. The molecule has 1 aliphatic heterocycles. The minimum atomic E-state index is -0.435. The van der Waals surface area contributed by atoms with Crippen LogP contribution in [0.1, 0.15) is 18.6 Å². The highest BCUT2D eigenvalue weighted by Crippen LogP contribution is 2.27. The summed E-state index contributed by atoms with van der Waals surface area (Å²) in [5.41, 5.74) is 2.15. The molecular weight excluding hydrogens is 262 g/mol. The van der Waals surface area contributed by atoms with Gasteiger partial charge in [0, 0.05) is 43.6 Å². The molecule has 1 atom stereocenters. The third-order valence-corrected chi connectivity index (χ3v) is 3.98. The van der Waals surface area contributed by atoms with Crippen LogP contribution in [0.3, 0.4) is 0 Å². The maximum atomic E-state index is 9.92. The fourth-order valence-corrected chi connectivity index (χ4v) is 2.85. The Kier molecular flexibility index (Phi) is 4.06. The second-order valence-electron chi connectivity index (χ2n) is 5.40. The number of hydrogen-bond acceptors (Lipinski definition) is 4. The Morgan fingerprint density at radius 2 is 1.62 bits per heavy atom. The molecule has 110 valence electrons. The summed E-state index contributed by atoms with van der Waals surface area (Å²) in [5.74, 6) is 1.04. The van der Waals surface area contributed by atoms with Crippen molar-refractivity contribution in [2.45, 2.75) is 13.0 Å². The van der Waals surface area contributed by atoms with E-state index in [9.17, 15) is 5.11 Å². The molecule has 1 fully saturated rings. The number of hydrogen-bond donors (Lipinski definition) is 1. The summed E-state index contributed by atoms with van der Waals surface area (Å²) >= 11 is 0. The molecular formula is C17H21N3O. The van der Waals surface area contributed by atoms with Crippen LogP contribution in [0.25, 0.3) is 0 Å². The molecule has 4 nitrogen and oxygen atoms in total. The molecule has 0 amide bonds. The summed E-state index contributed by atoms with van der Waals surface area (Å²) in [6.45, 7) is 5.61. The van der Waals surface area contributed by atoms with Crippen molar-refractivity contribution in [3.8, 4) is 0 Å². The predicted octanol–water partition coefficient (Wildman–Crippen LogP) is 2.46. The fraction of sp³-hybridized carbons (Fsp3) is 0.353. The number of rotatable bonds is 3. The van der Waals surface area contributed by atoms with Gasteiger partial charge in [-0.2, -0.15) is 0 Å². The lowest BCUT2D eigenvalue weighted by Gasteiger charge is -2.37. The van der Waals surface area contributed by atoms with Crippen LogP contribution < -0.4 is 9.80 Å². The van der Waals surface area contributed by atoms with Crippen LogP contribution in [0.4, 0.5) is 11.5 Å². The van der Waals surface area contributed by atoms with Crippen molar-refractivity contribution in [1.82, 2.24) is 4.98 Å². The summed E-state index contributed by atoms with van der Waals surface area (Å²) in [6, 6.07) is 14.1. The van der Waals surface area contributed by atoms with Gasteiger partial charge in [-0.05, 0) is 25.1 Å². The average Bonchev–Trinajstić information content (AvgIpc) is 2.56. The van der Waals surface area contributed by atoms with Gasteiger partial charge in [-0.15, -0.1) is 0 Å². The first-order valence-electron chi connectivity index (χ1n) is 7.43. The van der Waals surface area contributed by atoms with E-state index in [1.807, 2.05) is 43.5 Å². The number of aliphatic hydroxyl groups excluding tert-OH is 1. The molecule has 1 aliphatic rings. The maximum absolute atomic E-state index is 9.92. The standard InChI is InChI=1S/C17H21N3O/c1-14(21)15-6-2-3-7-16(15)19-10-12-20(13-11-19)17-8-4-5-9-18-17/h2-9,14,21H,10-13H2,1H3. The molecule has 21 heavy (non-hydrogen) atoms. The molecule has 2 aromatic rings. The van der Waals surface area contributed by atoms with E-state index in [1.165, 1.54) is 0 Å². The molecule has 1 N–H and O–H groups in total. The summed E-state index contributed by atoms with van der Waals surface area (Å²) in [4.78, 5) is 9.07. The van der Waals surface area contributed by atoms with Crippen molar-refractivity contribution < 1.29 is 5.11 Å². The molecule has 1 unspecified atom stereocenters. The van der Waals surface area contributed by atoms with Crippen LogP contribution in [-0.2, 0) is 0 Å². The lowest BCUT2D eigenvalue weighted by Crippen LogP contribution is -2.47. The molecule has 1 aromatic carbocycles. The number of anilines is 2. The second-order valence-corrected chi connectivity index (χ2v) is 5.40. The van der Waals surface area contributed by atoms with E-state index in [-0.39, 0.29) is 0 Å². The summed E-state index contributed by atoms with van der Waals surface area (Å²) < 4.78 is 0. The molecule has 0 aliphatic carbocycles. The Bertz CT molecular complexity index is 578. The van der Waals surface area contributed by atoms with E-state index >= 15 is 0 Å². The van der Waals surface area contributed by atoms with Crippen molar-refractivity contribution in [2.75, 3.05) is 36.0 Å². The first-order chi connectivity index (χ1) is 10.3. The number of aromatic nitrogens is 1. The summed E-state index contributed by atoms with van der Waals surface area (Å²) in [7, 11) is 0. The van der Waals surface area contributed by atoms with E-state index in [0.717, 1.165) is 43.2 Å². The number of benzene rings is 1. The van der Waals surface area contributed by atoms with Crippen LogP contribution >= 0.6 is 0 Å². The van der Waals surface area contributed by atoms with Crippen LogP contribution in [0.5, 0.6) is 0 Å². The highest BCUT2D eigenvalue weighted by molar-refractivity contribution is 5.56. The normalized spacial score (nSPS) is 16.9. The molecule has 1 aromatic heterocycles. The molecule has 0 radical (unpaired) electrons. The first kappa shape index (κ1) is 13.9. The molecule has 2 heterocycles. The van der Waals surface area contributed by atoms with Gasteiger partial charge in [-0.1, -0.05) is 24.3 Å². The van der Waals surface area contributed by atoms with Gasteiger partial charge >= 0.3 is 0 Å². The molecule has 0 spiro atoms. The number of nitrogens with zero attached hydrogens (tertiary/aromatic N) is 3. The SMILES string of the molecule is CC(O)c1ccccc1N1CCN(c2ccccn2)CC1. The van der Waals surface area contributed by atoms with Gasteiger partial charge in [0.2, 0.25) is 0 Å².